The molecule has 1 heterocycles. The van der Waals surface area contributed by atoms with Crippen molar-refractivity contribution < 1.29 is 19.5 Å². The fourth-order valence-electron chi connectivity index (χ4n) is 3.94. The van der Waals surface area contributed by atoms with Crippen molar-refractivity contribution in [3.8, 4) is 0 Å². The number of fused-ring (bicyclic) bond motifs is 1. The summed E-state index contributed by atoms with van der Waals surface area (Å²) in [4.78, 5) is 37.0. The van der Waals surface area contributed by atoms with Gasteiger partial charge in [-0.25, -0.2) is 4.79 Å². The molecule has 1 aromatic carbocycles. The van der Waals surface area contributed by atoms with Crippen molar-refractivity contribution in [1.82, 2.24) is 10.2 Å². The van der Waals surface area contributed by atoms with Crippen LogP contribution >= 0.6 is 0 Å². The first kappa shape index (κ1) is 17.5. The first-order valence-corrected chi connectivity index (χ1v) is 8.97. The number of carboxylic acid groups (broad SMARTS) is 1. The molecule has 1 aliphatic carbocycles. The fraction of sp³-hybridized carbons (Fsp3) is 0.526. The minimum absolute atomic E-state index is 0.0190. The molecule has 3 rings (SSSR count). The third kappa shape index (κ3) is 3.83. The summed E-state index contributed by atoms with van der Waals surface area (Å²) >= 11 is 0. The molecule has 0 unspecified atom stereocenters. The van der Waals surface area contributed by atoms with E-state index in [1.54, 1.807) is 0 Å². The quantitative estimate of drug-likeness (QED) is 0.820. The normalized spacial score (nSPS) is 20.6. The largest absolute Gasteiger partial charge is 0.474 e. The Kier molecular flexibility index (Phi) is 5.36. The maximum Gasteiger partial charge on any atom is 0.394 e. The zero-order chi connectivity index (χ0) is 17.8. The van der Waals surface area contributed by atoms with Gasteiger partial charge in [0.15, 0.2) is 0 Å². The lowest BCUT2D eigenvalue weighted by molar-refractivity contribution is -0.157. The molecule has 1 aliphatic heterocycles. The molecule has 0 bridgehead atoms. The topological polar surface area (TPSA) is 86.7 Å². The number of carbonyl (C=O) groups is 3. The smallest absolute Gasteiger partial charge is 0.394 e. The van der Waals surface area contributed by atoms with E-state index in [1.807, 2.05) is 24.3 Å². The summed E-state index contributed by atoms with van der Waals surface area (Å²) in [6, 6.07) is 7.29. The van der Waals surface area contributed by atoms with Crippen LogP contribution in [0, 0.1) is 5.92 Å². The average molecular weight is 344 g/mol. The number of carbonyl (C=O) groups excluding carboxylic acids is 2. The standard InChI is InChI=1S/C19H24N2O4/c22-17(14-7-2-1-3-8-14)20-12-16-15-9-5-4-6-13(15)10-11-21(16)18(23)19(24)25/h4-6,9,14,16H,1-3,7-8,10-12H2,(H,20,22)(H,24,25)/t16-/m0/s1. The number of amides is 2. The van der Waals surface area contributed by atoms with Crippen LogP contribution in [0.15, 0.2) is 24.3 Å². The molecule has 25 heavy (non-hydrogen) atoms. The molecular weight excluding hydrogens is 320 g/mol. The Morgan fingerprint density at radius 3 is 2.56 bits per heavy atom. The van der Waals surface area contributed by atoms with Gasteiger partial charge >= 0.3 is 11.9 Å². The Bertz CT molecular complexity index is 667. The van der Waals surface area contributed by atoms with Gasteiger partial charge in [-0.15, -0.1) is 0 Å². The molecule has 0 radical (unpaired) electrons. The Balaban J connectivity index is 1.75. The van der Waals surface area contributed by atoms with Gasteiger partial charge < -0.3 is 15.3 Å². The van der Waals surface area contributed by atoms with Crippen molar-refractivity contribution in [2.24, 2.45) is 5.92 Å². The lowest BCUT2D eigenvalue weighted by atomic mass is 9.88. The van der Waals surface area contributed by atoms with Crippen LogP contribution in [0.2, 0.25) is 0 Å². The first-order valence-electron chi connectivity index (χ1n) is 8.97. The van der Waals surface area contributed by atoms with Gasteiger partial charge in [-0.1, -0.05) is 43.5 Å². The number of hydrogen-bond acceptors (Lipinski definition) is 3. The summed E-state index contributed by atoms with van der Waals surface area (Å²) in [7, 11) is 0. The third-order valence-electron chi connectivity index (χ3n) is 5.30. The highest BCUT2D eigenvalue weighted by Crippen LogP contribution is 2.30. The highest BCUT2D eigenvalue weighted by Gasteiger charge is 2.34. The monoisotopic (exact) mass is 344 g/mol. The molecule has 1 atom stereocenters. The summed E-state index contributed by atoms with van der Waals surface area (Å²) in [6.07, 6.45) is 5.78. The van der Waals surface area contributed by atoms with Gasteiger partial charge in [-0.05, 0) is 30.4 Å². The molecule has 2 aliphatic rings. The van der Waals surface area contributed by atoms with Gasteiger partial charge in [0, 0.05) is 19.0 Å². The van der Waals surface area contributed by atoms with E-state index in [0.717, 1.165) is 36.8 Å². The Morgan fingerprint density at radius 1 is 1.12 bits per heavy atom. The van der Waals surface area contributed by atoms with Crippen LogP contribution in [0.25, 0.3) is 0 Å². The number of carboxylic acids is 1. The van der Waals surface area contributed by atoms with E-state index < -0.39 is 17.9 Å². The second kappa shape index (κ2) is 7.68. The van der Waals surface area contributed by atoms with Crippen LogP contribution < -0.4 is 5.32 Å². The van der Waals surface area contributed by atoms with E-state index in [-0.39, 0.29) is 18.4 Å². The number of nitrogens with zero attached hydrogens (tertiary/aromatic N) is 1. The van der Waals surface area contributed by atoms with Crippen molar-refractivity contribution in [1.29, 1.82) is 0 Å². The van der Waals surface area contributed by atoms with Crippen molar-refractivity contribution in [2.75, 3.05) is 13.1 Å². The van der Waals surface area contributed by atoms with Gasteiger partial charge in [0.1, 0.15) is 0 Å². The van der Waals surface area contributed by atoms with Crippen LogP contribution in [0.1, 0.15) is 49.3 Å². The number of hydrogen-bond donors (Lipinski definition) is 2. The first-order chi connectivity index (χ1) is 12.1. The zero-order valence-electron chi connectivity index (χ0n) is 14.2. The van der Waals surface area contributed by atoms with Crippen molar-refractivity contribution in [3.63, 3.8) is 0 Å². The predicted octanol–water partition coefficient (Wildman–Crippen LogP) is 1.89. The van der Waals surface area contributed by atoms with Crippen LogP contribution in [0.4, 0.5) is 0 Å². The summed E-state index contributed by atoms with van der Waals surface area (Å²) < 4.78 is 0. The Labute approximate surface area is 147 Å². The molecule has 2 N–H and O–H groups in total. The molecule has 0 aromatic heterocycles. The molecule has 2 amide bonds. The van der Waals surface area contributed by atoms with E-state index in [4.69, 9.17) is 5.11 Å². The highest BCUT2D eigenvalue weighted by molar-refractivity contribution is 6.31. The number of aliphatic carboxylic acids is 1. The van der Waals surface area contributed by atoms with Gasteiger partial charge in [0.05, 0.1) is 6.04 Å². The van der Waals surface area contributed by atoms with Crippen LogP contribution in [0.5, 0.6) is 0 Å². The lowest BCUT2D eigenvalue weighted by Gasteiger charge is -2.36. The molecular formula is C19H24N2O4. The van der Waals surface area contributed by atoms with E-state index >= 15 is 0 Å². The number of nitrogens with one attached hydrogen (secondary N) is 1. The summed E-state index contributed by atoms with van der Waals surface area (Å²) in [6.45, 7) is 0.609. The zero-order valence-corrected chi connectivity index (χ0v) is 14.2. The maximum atomic E-state index is 12.4. The summed E-state index contributed by atoms with van der Waals surface area (Å²) in [5, 5.41) is 12.1. The summed E-state index contributed by atoms with van der Waals surface area (Å²) in [5.74, 6) is -2.31. The van der Waals surface area contributed by atoms with Crippen molar-refractivity contribution in [3.05, 3.63) is 35.4 Å². The van der Waals surface area contributed by atoms with E-state index in [0.29, 0.717) is 13.0 Å². The Hall–Kier alpha value is -2.37. The lowest BCUT2D eigenvalue weighted by Crippen LogP contribution is -2.48. The minimum Gasteiger partial charge on any atom is -0.474 e. The van der Waals surface area contributed by atoms with E-state index in [1.165, 1.54) is 11.3 Å². The predicted molar refractivity (Wildman–Crippen MR) is 91.8 cm³/mol. The molecule has 0 saturated heterocycles. The van der Waals surface area contributed by atoms with Crippen LogP contribution in [-0.2, 0) is 20.8 Å². The second-order valence-electron chi connectivity index (χ2n) is 6.85. The van der Waals surface area contributed by atoms with Crippen molar-refractivity contribution in [2.45, 2.75) is 44.6 Å². The number of benzene rings is 1. The average Bonchev–Trinajstić information content (AvgIpc) is 2.65. The van der Waals surface area contributed by atoms with Gasteiger partial charge in [0.25, 0.3) is 0 Å². The molecule has 1 fully saturated rings. The molecule has 1 saturated carbocycles. The Morgan fingerprint density at radius 2 is 1.84 bits per heavy atom. The van der Waals surface area contributed by atoms with Gasteiger partial charge in [-0.2, -0.15) is 0 Å². The second-order valence-corrected chi connectivity index (χ2v) is 6.85. The number of rotatable bonds is 3. The van der Waals surface area contributed by atoms with Crippen LogP contribution in [-0.4, -0.2) is 40.9 Å². The third-order valence-corrected chi connectivity index (χ3v) is 5.30. The SMILES string of the molecule is O=C(O)C(=O)N1CCc2ccccc2[C@@H]1CNC(=O)C1CCCCC1. The van der Waals surface area contributed by atoms with Gasteiger partial charge in [0.2, 0.25) is 5.91 Å². The fourth-order valence-corrected chi connectivity index (χ4v) is 3.94. The summed E-state index contributed by atoms with van der Waals surface area (Å²) in [5.41, 5.74) is 2.03. The molecule has 134 valence electrons. The van der Waals surface area contributed by atoms with Crippen LogP contribution in [0.3, 0.4) is 0 Å². The highest BCUT2D eigenvalue weighted by atomic mass is 16.4. The maximum absolute atomic E-state index is 12.4. The minimum atomic E-state index is -1.46. The molecule has 0 spiro atoms. The van der Waals surface area contributed by atoms with E-state index in [9.17, 15) is 14.4 Å². The molecule has 6 heteroatoms. The van der Waals surface area contributed by atoms with Crippen molar-refractivity contribution >= 4 is 17.8 Å². The molecule has 1 aromatic rings. The van der Waals surface area contributed by atoms with E-state index in [2.05, 4.69) is 5.32 Å². The van der Waals surface area contributed by atoms with Gasteiger partial charge in [-0.3, -0.25) is 9.59 Å². The molecule has 6 nitrogen and oxygen atoms in total.